The van der Waals surface area contributed by atoms with Crippen LogP contribution in [-0.2, 0) is 14.8 Å². The predicted octanol–water partition coefficient (Wildman–Crippen LogP) is 0.401. The molecule has 0 spiro atoms. The van der Waals surface area contributed by atoms with Gasteiger partial charge in [0.05, 0.1) is 10.8 Å². The molecule has 0 aliphatic heterocycles. The Morgan fingerprint density at radius 2 is 1.90 bits per heavy atom. The maximum Gasteiger partial charge on any atom is 0.308 e. The van der Waals surface area contributed by atoms with Crippen LogP contribution in [0.25, 0.3) is 0 Å². The third-order valence-corrected chi connectivity index (χ3v) is 4.22. The molecule has 8 heteroatoms. The summed E-state index contributed by atoms with van der Waals surface area (Å²) in [5.74, 6) is -2.31. The highest BCUT2D eigenvalue weighted by Crippen LogP contribution is 2.20. The Morgan fingerprint density at radius 1 is 1.33 bits per heavy atom. The number of benzene rings is 1. The zero-order chi connectivity index (χ0) is 16.4. The van der Waals surface area contributed by atoms with Crippen molar-refractivity contribution < 1.29 is 23.1 Å². The fraction of sp³-hybridized carbons (Fsp3) is 0.385. The third-order valence-electron chi connectivity index (χ3n) is 3.18. The van der Waals surface area contributed by atoms with Crippen LogP contribution >= 0.6 is 0 Å². The van der Waals surface area contributed by atoms with Crippen molar-refractivity contribution in [2.24, 2.45) is 11.1 Å². The number of aryl methyl sites for hydroxylation is 1. The highest BCUT2D eigenvalue weighted by atomic mass is 32.2. The summed E-state index contributed by atoms with van der Waals surface area (Å²) < 4.78 is 23.0. The molecule has 1 amide bonds. The smallest absolute Gasteiger partial charge is 0.308 e. The number of amides is 1. The molecular weight excluding hydrogens is 296 g/mol. The number of sulfonamides is 1. The molecule has 1 rings (SSSR count). The number of carboxylic acid groups (broad SMARTS) is 1. The maximum absolute atomic E-state index is 12.0. The Hall–Kier alpha value is -1.93. The molecule has 7 nitrogen and oxygen atoms in total. The molecule has 0 heterocycles. The third kappa shape index (κ3) is 4.27. The van der Waals surface area contributed by atoms with Gasteiger partial charge in [-0.25, -0.2) is 13.6 Å². The average Bonchev–Trinajstić information content (AvgIpc) is 2.36. The van der Waals surface area contributed by atoms with Gasteiger partial charge in [-0.1, -0.05) is 6.92 Å². The number of carboxylic acids is 1. The van der Waals surface area contributed by atoms with Crippen molar-refractivity contribution in [2.75, 3.05) is 6.54 Å². The van der Waals surface area contributed by atoms with Gasteiger partial charge in [-0.15, -0.1) is 0 Å². The summed E-state index contributed by atoms with van der Waals surface area (Å²) in [5.41, 5.74) is 1.21. The Bertz CT molecular complexity index is 682. The van der Waals surface area contributed by atoms with Gasteiger partial charge in [0.1, 0.15) is 0 Å². The van der Waals surface area contributed by atoms with Crippen LogP contribution in [0.15, 0.2) is 17.0 Å². The van der Waals surface area contributed by atoms with Gasteiger partial charge >= 0.3 is 5.97 Å². The standard InChI is InChI=1S/C13H18N2O5S/c1-7-4-10(5-11(9(7)3)21(14,19)20)12(16)15-6-8(2)13(17)18/h4-5,8H,6H2,1-3H3,(H,15,16)(H,17,18)(H2,14,19,20). The second-order valence-corrected chi connectivity index (χ2v) is 6.44. The van der Waals surface area contributed by atoms with E-state index in [9.17, 15) is 18.0 Å². The van der Waals surface area contributed by atoms with Crippen LogP contribution in [0.3, 0.4) is 0 Å². The second kappa shape index (κ2) is 6.23. The normalized spacial score (nSPS) is 12.8. The van der Waals surface area contributed by atoms with Crippen LogP contribution in [0.1, 0.15) is 28.4 Å². The first kappa shape index (κ1) is 17.1. The predicted molar refractivity (Wildman–Crippen MR) is 76.4 cm³/mol. The maximum atomic E-state index is 12.0. The number of rotatable bonds is 5. The minimum Gasteiger partial charge on any atom is -0.481 e. The molecule has 116 valence electrons. The molecule has 1 aromatic rings. The first-order valence-corrected chi connectivity index (χ1v) is 7.73. The van der Waals surface area contributed by atoms with Crippen molar-refractivity contribution in [3.8, 4) is 0 Å². The Labute approximate surface area is 123 Å². The van der Waals surface area contributed by atoms with Gasteiger partial charge in [-0.05, 0) is 37.1 Å². The first-order valence-electron chi connectivity index (χ1n) is 6.19. The number of carbonyl (C=O) groups is 2. The van der Waals surface area contributed by atoms with Gasteiger partial charge in [0.15, 0.2) is 0 Å². The summed E-state index contributed by atoms with van der Waals surface area (Å²) in [5, 5.41) is 16.3. The van der Waals surface area contributed by atoms with Crippen molar-refractivity contribution in [2.45, 2.75) is 25.7 Å². The van der Waals surface area contributed by atoms with Gasteiger partial charge in [0, 0.05) is 12.1 Å². The van der Waals surface area contributed by atoms with Gasteiger partial charge in [0.25, 0.3) is 5.91 Å². The highest BCUT2D eigenvalue weighted by Gasteiger charge is 2.18. The summed E-state index contributed by atoms with van der Waals surface area (Å²) >= 11 is 0. The van der Waals surface area contributed by atoms with Crippen LogP contribution in [0.5, 0.6) is 0 Å². The largest absolute Gasteiger partial charge is 0.481 e. The van der Waals surface area contributed by atoms with Crippen molar-refractivity contribution in [3.63, 3.8) is 0 Å². The monoisotopic (exact) mass is 314 g/mol. The summed E-state index contributed by atoms with van der Waals surface area (Å²) in [6.45, 7) is 4.68. The lowest BCUT2D eigenvalue weighted by Crippen LogP contribution is -2.31. The number of aliphatic carboxylic acids is 1. The van der Waals surface area contributed by atoms with E-state index in [-0.39, 0.29) is 17.0 Å². The molecule has 1 unspecified atom stereocenters. The van der Waals surface area contributed by atoms with Crippen LogP contribution in [-0.4, -0.2) is 31.9 Å². The number of hydrogen-bond acceptors (Lipinski definition) is 4. The molecule has 4 N–H and O–H groups in total. The molecule has 0 bridgehead atoms. The van der Waals surface area contributed by atoms with Gasteiger partial charge in [-0.2, -0.15) is 0 Å². The van der Waals surface area contributed by atoms with Gasteiger partial charge in [0.2, 0.25) is 10.0 Å². The van der Waals surface area contributed by atoms with Gasteiger partial charge in [-0.3, -0.25) is 9.59 Å². The minimum absolute atomic E-state index is 0.0498. The van der Waals surface area contributed by atoms with Crippen LogP contribution in [0, 0.1) is 19.8 Å². The lowest BCUT2D eigenvalue weighted by Gasteiger charge is -2.12. The Morgan fingerprint density at radius 3 is 2.38 bits per heavy atom. The van der Waals surface area contributed by atoms with Gasteiger partial charge < -0.3 is 10.4 Å². The lowest BCUT2D eigenvalue weighted by molar-refractivity contribution is -0.140. The summed E-state index contributed by atoms with van der Waals surface area (Å²) in [4.78, 5) is 22.5. The Balaban J connectivity index is 3.07. The second-order valence-electron chi connectivity index (χ2n) is 4.91. The van der Waals surface area contributed by atoms with E-state index in [0.29, 0.717) is 11.1 Å². The molecule has 1 aromatic carbocycles. The molecule has 0 fully saturated rings. The number of nitrogens with one attached hydrogen (secondary N) is 1. The van der Waals surface area contributed by atoms with Crippen molar-refractivity contribution in [3.05, 3.63) is 28.8 Å². The van der Waals surface area contributed by atoms with E-state index in [1.807, 2.05) is 0 Å². The summed E-state index contributed by atoms with van der Waals surface area (Å²) in [7, 11) is -3.93. The summed E-state index contributed by atoms with van der Waals surface area (Å²) in [6.07, 6.45) is 0. The molecule has 1 atom stereocenters. The zero-order valence-corrected chi connectivity index (χ0v) is 12.8. The lowest BCUT2D eigenvalue weighted by atomic mass is 10.1. The number of hydrogen-bond donors (Lipinski definition) is 3. The number of nitrogens with two attached hydrogens (primary N) is 1. The van der Waals surface area contributed by atoms with E-state index >= 15 is 0 Å². The molecule has 0 aliphatic rings. The molecular formula is C13H18N2O5S. The molecule has 0 saturated heterocycles. The van der Waals surface area contributed by atoms with E-state index in [1.165, 1.54) is 19.1 Å². The van der Waals surface area contributed by atoms with Crippen LogP contribution < -0.4 is 10.5 Å². The zero-order valence-electron chi connectivity index (χ0n) is 12.0. The minimum atomic E-state index is -3.93. The van der Waals surface area contributed by atoms with Crippen molar-refractivity contribution in [1.82, 2.24) is 5.32 Å². The fourth-order valence-electron chi connectivity index (χ4n) is 1.69. The SMILES string of the molecule is Cc1cc(C(=O)NCC(C)C(=O)O)cc(S(N)(=O)=O)c1C. The van der Waals surface area contributed by atoms with Crippen molar-refractivity contribution in [1.29, 1.82) is 0 Å². The number of primary sulfonamides is 1. The molecule has 0 aliphatic carbocycles. The number of carbonyl (C=O) groups excluding carboxylic acids is 1. The fourth-order valence-corrected chi connectivity index (χ4v) is 2.57. The average molecular weight is 314 g/mol. The van der Waals surface area contributed by atoms with E-state index in [1.54, 1.807) is 13.8 Å². The summed E-state index contributed by atoms with van der Waals surface area (Å²) in [6, 6.07) is 2.73. The Kier molecular flexibility index (Phi) is 5.08. The van der Waals surface area contributed by atoms with E-state index in [0.717, 1.165) is 0 Å². The molecule has 21 heavy (non-hydrogen) atoms. The van der Waals surface area contributed by atoms with E-state index in [4.69, 9.17) is 10.2 Å². The topological polar surface area (TPSA) is 127 Å². The molecule has 0 saturated carbocycles. The van der Waals surface area contributed by atoms with Crippen molar-refractivity contribution >= 4 is 21.9 Å². The molecule has 0 aromatic heterocycles. The first-order chi connectivity index (χ1) is 9.54. The van der Waals surface area contributed by atoms with E-state index < -0.39 is 27.8 Å². The van der Waals surface area contributed by atoms with Crippen LogP contribution in [0.4, 0.5) is 0 Å². The highest BCUT2D eigenvalue weighted by molar-refractivity contribution is 7.89. The van der Waals surface area contributed by atoms with Crippen LogP contribution in [0.2, 0.25) is 0 Å². The quantitative estimate of drug-likeness (QED) is 0.725. The molecule has 0 radical (unpaired) electrons. The van der Waals surface area contributed by atoms with E-state index in [2.05, 4.69) is 5.32 Å².